The molecule has 0 bridgehead atoms. The van der Waals surface area contributed by atoms with E-state index >= 15 is 0 Å². The normalized spacial score (nSPS) is 11.8. The highest BCUT2D eigenvalue weighted by atomic mass is 16.5. The number of nitrogens with one attached hydrogen (secondary N) is 1. The van der Waals surface area contributed by atoms with Crippen molar-refractivity contribution in [3.63, 3.8) is 0 Å². The van der Waals surface area contributed by atoms with Gasteiger partial charge in [-0.25, -0.2) is 0 Å². The number of rotatable bonds is 7. The maximum atomic E-state index is 11.7. The molecule has 5 nitrogen and oxygen atoms in total. The summed E-state index contributed by atoms with van der Waals surface area (Å²) in [5, 5.41) is 2.90. The lowest BCUT2D eigenvalue weighted by molar-refractivity contribution is -0.122. The fourth-order valence-electron chi connectivity index (χ4n) is 1.76. The Balaban J connectivity index is 2.79. The van der Waals surface area contributed by atoms with Gasteiger partial charge in [0.1, 0.15) is 11.5 Å². The van der Waals surface area contributed by atoms with Gasteiger partial charge in [-0.15, -0.1) is 0 Å². The second-order valence-electron chi connectivity index (χ2n) is 4.14. The van der Waals surface area contributed by atoms with Crippen LogP contribution in [0.4, 0.5) is 0 Å². The largest absolute Gasteiger partial charge is 0.497 e. The Labute approximate surface area is 113 Å². The summed E-state index contributed by atoms with van der Waals surface area (Å²) in [6.07, 6.45) is 0.340. The molecule has 0 spiro atoms. The van der Waals surface area contributed by atoms with E-state index in [4.69, 9.17) is 14.2 Å². The van der Waals surface area contributed by atoms with E-state index in [1.54, 1.807) is 21.3 Å². The molecule has 0 aliphatic heterocycles. The van der Waals surface area contributed by atoms with Crippen molar-refractivity contribution in [1.82, 2.24) is 5.32 Å². The molecule has 1 atom stereocenters. The number of amides is 1. The van der Waals surface area contributed by atoms with Crippen molar-refractivity contribution in [3.8, 4) is 11.5 Å². The van der Waals surface area contributed by atoms with Crippen LogP contribution in [0.3, 0.4) is 0 Å². The lowest BCUT2D eigenvalue weighted by Crippen LogP contribution is -2.27. The molecule has 1 aromatic rings. The summed E-state index contributed by atoms with van der Waals surface area (Å²) in [5.41, 5.74) is 0.882. The maximum Gasteiger partial charge on any atom is 0.222 e. The summed E-state index contributed by atoms with van der Waals surface area (Å²) in [6, 6.07) is 5.35. The van der Waals surface area contributed by atoms with E-state index in [1.807, 2.05) is 25.1 Å². The van der Waals surface area contributed by atoms with Crippen molar-refractivity contribution in [3.05, 3.63) is 23.8 Å². The van der Waals surface area contributed by atoms with Gasteiger partial charge in [-0.1, -0.05) is 0 Å². The molecular formula is C14H21NO4. The van der Waals surface area contributed by atoms with Crippen molar-refractivity contribution in [2.75, 3.05) is 27.9 Å². The number of hydrogen-bond acceptors (Lipinski definition) is 4. The quantitative estimate of drug-likeness (QED) is 0.820. The van der Waals surface area contributed by atoms with Crippen LogP contribution in [0.5, 0.6) is 11.5 Å². The number of methoxy groups -OCH3 is 3. The first-order chi connectivity index (χ1) is 9.12. The molecule has 1 aromatic carbocycles. The van der Waals surface area contributed by atoms with Crippen molar-refractivity contribution >= 4 is 5.91 Å². The molecule has 0 aliphatic carbocycles. The van der Waals surface area contributed by atoms with Gasteiger partial charge in [-0.3, -0.25) is 4.79 Å². The number of carbonyl (C=O) groups excluding carboxylic acids is 1. The Kier molecular flexibility index (Phi) is 6.15. The smallest absolute Gasteiger partial charge is 0.222 e. The number of benzene rings is 1. The Bertz CT molecular complexity index is 420. The SMILES string of the molecule is COCCC(=O)NC(C)c1cc(OC)ccc1OC. The van der Waals surface area contributed by atoms with Gasteiger partial charge in [0, 0.05) is 19.1 Å². The van der Waals surface area contributed by atoms with Crippen molar-refractivity contribution < 1.29 is 19.0 Å². The summed E-state index contributed by atoms with van der Waals surface area (Å²) in [7, 11) is 4.78. The zero-order chi connectivity index (χ0) is 14.3. The third-order valence-electron chi connectivity index (χ3n) is 2.81. The topological polar surface area (TPSA) is 56.8 Å². The molecule has 1 unspecified atom stereocenters. The fourth-order valence-corrected chi connectivity index (χ4v) is 1.76. The molecule has 19 heavy (non-hydrogen) atoms. The minimum absolute atomic E-state index is 0.0563. The molecule has 0 aliphatic rings. The van der Waals surface area contributed by atoms with Crippen molar-refractivity contribution in [1.29, 1.82) is 0 Å². The summed E-state index contributed by atoms with van der Waals surface area (Å²) < 4.78 is 15.4. The van der Waals surface area contributed by atoms with Gasteiger partial charge in [0.05, 0.1) is 26.9 Å². The van der Waals surface area contributed by atoms with Crippen LogP contribution in [0.2, 0.25) is 0 Å². The Morgan fingerprint density at radius 1 is 1.26 bits per heavy atom. The van der Waals surface area contributed by atoms with Crippen LogP contribution in [0.1, 0.15) is 24.9 Å². The minimum Gasteiger partial charge on any atom is -0.497 e. The molecule has 1 rings (SSSR count). The highest BCUT2D eigenvalue weighted by molar-refractivity contribution is 5.76. The lowest BCUT2D eigenvalue weighted by Gasteiger charge is -2.18. The molecule has 106 valence electrons. The Morgan fingerprint density at radius 2 is 2.00 bits per heavy atom. The molecule has 0 saturated carbocycles. The van der Waals surface area contributed by atoms with E-state index in [0.717, 1.165) is 17.1 Å². The molecule has 1 N–H and O–H groups in total. The van der Waals surface area contributed by atoms with Crippen LogP contribution in [0.25, 0.3) is 0 Å². The van der Waals surface area contributed by atoms with E-state index in [9.17, 15) is 4.79 Å². The molecule has 0 aromatic heterocycles. The van der Waals surface area contributed by atoms with Crippen LogP contribution in [-0.4, -0.2) is 33.8 Å². The van der Waals surface area contributed by atoms with Crippen LogP contribution in [0, 0.1) is 0 Å². The van der Waals surface area contributed by atoms with E-state index in [1.165, 1.54) is 0 Å². The minimum atomic E-state index is -0.158. The predicted octanol–water partition coefficient (Wildman–Crippen LogP) is 1.92. The zero-order valence-electron chi connectivity index (χ0n) is 11.9. The van der Waals surface area contributed by atoms with Gasteiger partial charge in [-0.05, 0) is 25.1 Å². The first kappa shape index (κ1) is 15.3. The molecule has 0 radical (unpaired) electrons. The second kappa shape index (κ2) is 7.63. The van der Waals surface area contributed by atoms with E-state index in [2.05, 4.69) is 5.32 Å². The molecule has 0 saturated heterocycles. The van der Waals surface area contributed by atoms with Crippen molar-refractivity contribution in [2.45, 2.75) is 19.4 Å². The third-order valence-corrected chi connectivity index (χ3v) is 2.81. The zero-order valence-corrected chi connectivity index (χ0v) is 11.9. The van der Waals surface area contributed by atoms with Gasteiger partial charge in [0.15, 0.2) is 0 Å². The van der Waals surface area contributed by atoms with Crippen molar-refractivity contribution in [2.24, 2.45) is 0 Å². The predicted molar refractivity (Wildman–Crippen MR) is 72.6 cm³/mol. The molecule has 0 heterocycles. The number of carbonyl (C=O) groups is 1. The first-order valence-electron chi connectivity index (χ1n) is 6.12. The van der Waals surface area contributed by atoms with Crippen LogP contribution in [-0.2, 0) is 9.53 Å². The fraction of sp³-hybridized carbons (Fsp3) is 0.500. The summed E-state index contributed by atoms with van der Waals surface area (Å²) in [4.78, 5) is 11.7. The first-order valence-corrected chi connectivity index (χ1v) is 6.12. The van der Waals surface area contributed by atoms with Gasteiger partial charge in [0.2, 0.25) is 5.91 Å². The summed E-state index contributed by atoms with van der Waals surface area (Å²) in [5.74, 6) is 1.40. The Hall–Kier alpha value is -1.75. The monoisotopic (exact) mass is 267 g/mol. The van der Waals surface area contributed by atoms with Crippen LogP contribution >= 0.6 is 0 Å². The highest BCUT2D eigenvalue weighted by Crippen LogP contribution is 2.29. The summed E-state index contributed by atoms with van der Waals surface area (Å²) in [6.45, 7) is 2.32. The third kappa shape index (κ3) is 4.44. The van der Waals surface area contributed by atoms with Crippen LogP contribution < -0.4 is 14.8 Å². The molecule has 0 fully saturated rings. The highest BCUT2D eigenvalue weighted by Gasteiger charge is 2.14. The number of ether oxygens (including phenoxy) is 3. The van der Waals surface area contributed by atoms with Gasteiger partial charge in [0.25, 0.3) is 0 Å². The lowest BCUT2D eigenvalue weighted by atomic mass is 10.1. The van der Waals surface area contributed by atoms with E-state index in [-0.39, 0.29) is 11.9 Å². The summed E-state index contributed by atoms with van der Waals surface area (Å²) >= 11 is 0. The van der Waals surface area contributed by atoms with Gasteiger partial charge in [-0.2, -0.15) is 0 Å². The average molecular weight is 267 g/mol. The van der Waals surface area contributed by atoms with E-state index < -0.39 is 0 Å². The average Bonchev–Trinajstić information content (AvgIpc) is 2.44. The maximum absolute atomic E-state index is 11.7. The standard InChI is InChI=1S/C14H21NO4/c1-10(15-14(16)7-8-17-2)12-9-11(18-3)5-6-13(12)19-4/h5-6,9-10H,7-8H2,1-4H3,(H,15,16). The van der Waals surface area contributed by atoms with Crippen LogP contribution in [0.15, 0.2) is 18.2 Å². The van der Waals surface area contributed by atoms with E-state index in [0.29, 0.717) is 13.0 Å². The molecule has 1 amide bonds. The van der Waals surface area contributed by atoms with Gasteiger partial charge < -0.3 is 19.5 Å². The molecule has 5 heteroatoms. The Morgan fingerprint density at radius 3 is 2.58 bits per heavy atom. The van der Waals surface area contributed by atoms with Gasteiger partial charge >= 0.3 is 0 Å². The second-order valence-corrected chi connectivity index (χ2v) is 4.14. The number of hydrogen-bond donors (Lipinski definition) is 1. The molecular weight excluding hydrogens is 246 g/mol.